The molecular weight excluding hydrogens is 912 g/mol. The Labute approximate surface area is 393 Å². The molecule has 2 aliphatic rings. The van der Waals surface area contributed by atoms with Crippen molar-refractivity contribution in [1.82, 2.24) is 4.98 Å². The van der Waals surface area contributed by atoms with Crippen LogP contribution in [0.3, 0.4) is 0 Å². The minimum atomic E-state index is -0.236. The van der Waals surface area contributed by atoms with E-state index in [0.717, 1.165) is 51.8 Å². The zero-order valence-electron chi connectivity index (χ0n) is 36.2. The van der Waals surface area contributed by atoms with Crippen molar-refractivity contribution in [2.45, 2.75) is 46.0 Å². The Morgan fingerprint density at radius 1 is 0.562 bits per heavy atom. The third-order valence-corrected chi connectivity index (χ3v) is 15.2. The van der Waals surface area contributed by atoms with Crippen LogP contribution >= 0.6 is 35.3 Å². The first kappa shape index (κ1) is 39.2. The Bertz CT molecular complexity index is 3980. The molecule has 5 heteroatoms. The van der Waals surface area contributed by atoms with E-state index in [1.54, 1.807) is 0 Å². The van der Waals surface area contributed by atoms with E-state index in [4.69, 9.17) is 4.42 Å². The number of H-pyrrole nitrogens is 1. The van der Waals surface area contributed by atoms with Crippen LogP contribution in [0.25, 0.3) is 110 Å². The summed E-state index contributed by atoms with van der Waals surface area (Å²) < 4.78 is 9.15. The van der Waals surface area contributed by atoms with E-state index < -0.39 is 0 Å². The Hall–Kier alpha value is -6.41. The topological polar surface area (TPSA) is 32.2 Å². The molecule has 0 amide bonds. The normalized spacial score (nSPS) is 13.8. The number of benzene rings is 9. The van der Waals surface area contributed by atoms with Gasteiger partial charge in [0, 0.05) is 76.5 Å². The fraction of sp³-hybridized carbons (Fsp3) is 0.119. The van der Waals surface area contributed by atoms with Gasteiger partial charge >= 0.3 is 0 Å². The number of rotatable bonds is 4. The van der Waals surface area contributed by atoms with Crippen molar-refractivity contribution in [3.63, 3.8) is 0 Å². The number of anilines is 3. The summed E-state index contributed by atoms with van der Waals surface area (Å²) >= 11 is 1.96. The molecule has 312 valence electrons. The van der Waals surface area contributed by atoms with Gasteiger partial charge in [0.05, 0.1) is 0 Å². The van der Waals surface area contributed by atoms with Crippen LogP contribution in [0.1, 0.15) is 53.1 Å². The zero-order valence-corrected chi connectivity index (χ0v) is 39.3. The van der Waals surface area contributed by atoms with Gasteiger partial charge in [-0.1, -0.05) is 131 Å². The van der Waals surface area contributed by atoms with Crippen LogP contribution in [0.15, 0.2) is 156 Å². The smallest absolute Gasteiger partial charge is 0.135 e. The molecule has 0 saturated carbocycles. The number of nitrogens with one attached hydrogen (secondary N) is 1. The summed E-state index contributed by atoms with van der Waals surface area (Å²) in [6, 6.07) is 56.1. The molecule has 0 atom stereocenters. The second kappa shape index (κ2) is 14.6. The molecule has 0 unspecified atom stereocenters. The molecule has 0 fully saturated rings. The number of hydrogen-bond acceptors (Lipinski definition) is 3. The number of fused-ring (bicyclic) bond motifs is 12. The van der Waals surface area contributed by atoms with Crippen molar-refractivity contribution >= 4 is 140 Å². The quantitative estimate of drug-likeness (QED) is 0.141. The van der Waals surface area contributed by atoms with E-state index in [2.05, 4.69) is 181 Å². The fourth-order valence-electron chi connectivity index (χ4n) is 11.2. The van der Waals surface area contributed by atoms with Crippen molar-refractivity contribution < 1.29 is 5.84 Å². The van der Waals surface area contributed by atoms with Gasteiger partial charge in [-0.2, -0.15) is 0 Å². The van der Waals surface area contributed by atoms with Gasteiger partial charge in [0.25, 0.3) is 0 Å². The molecule has 0 spiro atoms. The Kier molecular flexibility index (Phi) is 8.92. The van der Waals surface area contributed by atoms with Crippen molar-refractivity contribution in [3.05, 3.63) is 173 Å². The number of aromatic nitrogens is 1. The standard InChI is InChI=1S/C57H38N2OS.C2H6.HI.H2/c1-57(2)47-29-36(22-24-39(47)45-30-48-53-42(55(45)57)25-26-43-54(53)49(58-48)31-46-41-14-6-8-17-52(41)61-56(43)46)59(35-23-27-51-44(28-35)40-13-5-7-16-50(40)60-51)34-20-18-33(19-21-34)38-15-9-11-32-10-3-4-12-37(32)38;1-2;;/h3-5,7,9-31,58H,6,8H2,1-2H3;1-2H3;2*1H. The van der Waals surface area contributed by atoms with E-state index in [1.165, 1.54) is 96.6 Å². The van der Waals surface area contributed by atoms with Crippen LogP contribution < -0.4 is 14.7 Å². The second-order valence-corrected chi connectivity index (χ2v) is 18.6. The molecule has 3 aromatic heterocycles. The van der Waals surface area contributed by atoms with E-state index >= 15 is 0 Å². The molecule has 3 nitrogen and oxygen atoms in total. The van der Waals surface area contributed by atoms with Crippen LogP contribution in [0.4, 0.5) is 17.1 Å². The van der Waals surface area contributed by atoms with Gasteiger partial charge < -0.3 is 14.3 Å². The van der Waals surface area contributed by atoms with Gasteiger partial charge in [0.1, 0.15) is 11.2 Å². The Morgan fingerprint density at radius 2 is 1.25 bits per heavy atom. The van der Waals surface area contributed by atoms with Gasteiger partial charge in [0.2, 0.25) is 0 Å². The number of halogens is 1. The van der Waals surface area contributed by atoms with Gasteiger partial charge in [-0.3, -0.25) is 0 Å². The number of para-hydroxylation sites is 1. The number of nitrogens with zero attached hydrogens (tertiary/aromatic N) is 1. The highest BCUT2D eigenvalue weighted by Crippen LogP contribution is 2.55. The van der Waals surface area contributed by atoms with Crippen molar-refractivity contribution in [1.29, 1.82) is 0 Å². The van der Waals surface area contributed by atoms with Crippen molar-refractivity contribution in [2.24, 2.45) is 0 Å². The molecule has 0 radical (unpaired) electrons. The predicted octanol–water partition coefficient (Wildman–Crippen LogP) is 16.9. The molecule has 0 bridgehead atoms. The molecule has 14 rings (SSSR count). The number of aromatic amines is 1. The summed E-state index contributed by atoms with van der Waals surface area (Å²) in [5.41, 5.74) is 15.2. The molecule has 1 N–H and O–H groups in total. The van der Waals surface area contributed by atoms with Crippen LogP contribution in [0.2, 0.25) is 0 Å². The van der Waals surface area contributed by atoms with Gasteiger partial charge in [-0.15, -0.1) is 35.3 Å². The lowest BCUT2D eigenvalue weighted by molar-refractivity contribution is 0.666. The minimum absolute atomic E-state index is 0. The maximum Gasteiger partial charge on any atom is 0.135 e. The molecule has 0 saturated heterocycles. The molecule has 0 aliphatic heterocycles. The van der Waals surface area contributed by atoms with Gasteiger partial charge in [0.15, 0.2) is 0 Å². The lowest BCUT2D eigenvalue weighted by Gasteiger charge is -2.28. The minimum Gasteiger partial charge on any atom is -0.456 e. The van der Waals surface area contributed by atoms with Gasteiger partial charge in [-0.05, 0) is 128 Å². The number of hydrogen-bond donors (Lipinski definition) is 1. The third kappa shape index (κ3) is 5.50. The summed E-state index contributed by atoms with van der Waals surface area (Å²) in [5.74, 6) is 0. The SMILES string of the molecule is CC.CC1(C)c2cc(N(c3ccc(-c4cccc5ccccc45)cc3)c3ccc4oc5ccccc5c4c3)ccc2-c2cc3[nH]c4cc5c6c(sc5c5ccc(c21)c3c45)=CCCC=6.I.[HH]. The first-order valence-corrected chi connectivity index (χ1v) is 23.2. The molecule has 3 heterocycles. The van der Waals surface area contributed by atoms with E-state index in [9.17, 15) is 0 Å². The zero-order chi connectivity index (χ0) is 42.1. The lowest BCUT2D eigenvalue weighted by Crippen LogP contribution is -2.20. The summed E-state index contributed by atoms with van der Waals surface area (Å²) in [7, 11) is 0. The van der Waals surface area contributed by atoms with Crippen molar-refractivity contribution in [3.8, 4) is 22.3 Å². The van der Waals surface area contributed by atoms with Crippen LogP contribution in [0, 0.1) is 0 Å². The highest BCUT2D eigenvalue weighted by atomic mass is 127. The maximum absolute atomic E-state index is 6.31. The molecule has 2 aliphatic carbocycles. The molecular formula is C59H47IN2OS. The number of furan rings is 1. The molecule has 64 heavy (non-hydrogen) atoms. The lowest BCUT2D eigenvalue weighted by atomic mass is 9.79. The van der Waals surface area contributed by atoms with Crippen LogP contribution in [0.5, 0.6) is 0 Å². The second-order valence-electron chi connectivity index (χ2n) is 17.6. The van der Waals surface area contributed by atoms with E-state index in [-0.39, 0.29) is 30.8 Å². The largest absolute Gasteiger partial charge is 0.456 e. The number of thiophene rings is 1. The predicted molar refractivity (Wildman–Crippen MR) is 289 cm³/mol. The average Bonchev–Trinajstić information content (AvgIpc) is 4.07. The summed E-state index contributed by atoms with van der Waals surface area (Å²) in [5, 5.41) is 13.0. The molecule has 9 aromatic carbocycles. The van der Waals surface area contributed by atoms with E-state index in [0.29, 0.717) is 0 Å². The Balaban J connectivity index is 0.00000116. The highest BCUT2D eigenvalue weighted by Gasteiger charge is 2.39. The van der Waals surface area contributed by atoms with Crippen molar-refractivity contribution in [2.75, 3.05) is 4.90 Å². The monoisotopic (exact) mass is 958 g/mol. The maximum atomic E-state index is 6.31. The van der Waals surface area contributed by atoms with Gasteiger partial charge in [-0.25, -0.2) is 0 Å². The summed E-state index contributed by atoms with van der Waals surface area (Å²) in [4.78, 5) is 6.34. The van der Waals surface area contributed by atoms with Crippen LogP contribution in [-0.4, -0.2) is 4.98 Å². The first-order chi connectivity index (χ1) is 31.0. The molecule has 12 aromatic rings. The van der Waals surface area contributed by atoms with E-state index in [1.807, 2.05) is 31.3 Å². The average molecular weight is 959 g/mol. The highest BCUT2D eigenvalue weighted by molar-refractivity contribution is 14.0. The van der Waals surface area contributed by atoms with Crippen LogP contribution in [-0.2, 0) is 5.41 Å². The Morgan fingerprint density at radius 3 is 2.12 bits per heavy atom. The fourth-order valence-corrected chi connectivity index (χ4v) is 12.5. The summed E-state index contributed by atoms with van der Waals surface area (Å²) in [6.45, 7) is 8.85. The third-order valence-electron chi connectivity index (χ3n) is 13.9. The summed E-state index contributed by atoms with van der Waals surface area (Å²) in [6.07, 6.45) is 7.12. The first-order valence-electron chi connectivity index (χ1n) is 22.4.